The van der Waals surface area contributed by atoms with Gasteiger partial charge >= 0.3 is 5.97 Å². The lowest BCUT2D eigenvalue weighted by molar-refractivity contribution is -0.137. The van der Waals surface area contributed by atoms with Crippen LogP contribution in [0.2, 0.25) is 0 Å². The normalized spacial score (nSPS) is 10.3. The molecule has 0 unspecified atom stereocenters. The lowest BCUT2D eigenvalue weighted by Gasteiger charge is -2.01. The van der Waals surface area contributed by atoms with Gasteiger partial charge in [-0.2, -0.15) is 5.26 Å². The molecule has 20 heavy (non-hydrogen) atoms. The van der Waals surface area contributed by atoms with Crippen molar-refractivity contribution >= 4 is 12.0 Å². The van der Waals surface area contributed by atoms with Crippen LogP contribution in [0.1, 0.15) is 51.4 Å². The van der Waals surface area contributed by atoms with E-state index >= 15 is 0 Å². The number of esters is 1. The molecule has 0 aromatic carbocycles. The Bertz CT molecular complexity index is 493. The molecule has 0 radical (unpaired) electrons. The number of nitriles is 1. The molecule has 4 nitrogen and oxygen atoms in total. The SMILES string of the molecule is CC.CCOC(=O)/C(C#N)=C/c1[nH]cc(CC)c1CC. The van der Waals surface area contributed by atoms with Crippen LogP contribution >= 0.6 is 0 Å². The van der Waals surface area contributed by atoms with Gasteiger partial charge in [0.05, 0.1) is 6.61 Å². The Morgan fingerprint density at radius 1 is 1.35 bits per heavy atom. The smallest absolute Gasteiger partial charge is 0.348 e. The number of rotatable bonds is 5. The summed E-state index contributed by atoms with van der Waals surface area (Å²) in [5.41, 5.74) is 3.20. The molecular weight excluding hydrogens is 252 g/mol. The van der Waals surface area contributed by atoms with Crippen molar-refractivity contribution in [3.63, 3.8) is 0 Å². The molecule has 0 bridgehead atoms. The average Bonchev–Trinajstić information content (AvgIpc) is 2.88. The van der Waals surface area contributed by atoms with E-state index in [9.17, 15) is 4.79 Å². The van der Waals surface area contributed by atoms with Crippen molar-refractivity contribution in [1.82, 2.24) is 4.98 Å². The molecule has 0 aliphatic rings. The summed E-state index contributed by atoms with van der Waals surface area (Å²) in [7, 11) is 0. The number of aryl methyl sites for hydroxylation is 1. The van der Waals surface area contributed by atoms with Gasteiger partial charge in [0.15, 0.2) is 0 Å². The van der Waals surface area contributed by atoms with E-state index < -0.39 is 5.97 Å². The van der Waals surface area contributed by atoms with Gasteiger partial charge in [-0.15, -0.1) is 0 Å². The zero-order valence-electron chi connectivity index (χ0n) is 13.0. The summed E-state index contributed by atoms with van der Waals surface area (Å²) in [6.07, 6.45) is 5.27. The summed E-state index contributed by atoms with van der Waals surface area (Å²) < 4.78 is 4.83. The Kier molecular flexibility index (Phi) is 8.86. The lowest BCUT2D eigenvalue weighted by atomic mass is 10.0. The number of carbonyl (C=O) groups is 1. The molecule has 1 N–H and O–H groups in total. The molecule has 110 valence electrons. The highest BCUT2D eigenvalue weighted by molar-refractivity contribution is 5.97. The highest BCUT2D eigenvalue weighted by atomic mass is 16.5. The van der Waals surface area contributed by atoms with E-state index in [-0.39, 0.29) is 12.2 Å². The zero-order valence-corrected chi connectivity index (χ0v) is 13.0. The van der Waals surface area contributed by atoms with Gasteiger partial charge in [0.25, 0.3) is 0 Å². The molecule has 0 amide bonds. The Balaban J connectivity index is 0.00000172. The Labute approximate surface area is 121 Å². The minimum Gasteiger partial charge on any atom is -0.462 e. The molecule has 1 heterocycles. The second kappa shape index (κ2) is 9.85. The molecule has 0 atom stereocenters. The van der Waals surface area contributed by atoms with Gasteiger partial charge in [-0.25, -0.2) is 4.79 Å². The quantitative estimate of drug-likeness (QED) is 0.507. The molecule has 1 rings (SSSR count). The second-order valence-electron chi connectivity index (χ2n) is 3.80. The molecule has 1 aromatic heterocycles. The first kappa shape index (κ1) is 18.0. The number of nitrogens with one attached hydrogen (secondary N) is 1. The second-order valence-corrected chi connectivity index (χ2v) is 3.80. The van der Waals surface area contributed by atoms with Crippen molar-refractivity contribution < 1.29 is 9.53 Å². The Morgan fingerprint density at radius 2 is 2.00 bits per heavy atom. The van der Waals surface area contributed by atoms with Crippen LogP contribution in [0.15, 0.2) is 11.8 Å². The van der Waals surface area contributed by atoms with Crippen molar-refractivity contribution in [1.29, 1.82) is 5.26 Å². The highest BCUT2D eigenvalue weighted by Gasteiger charge is 2.13. The highest BCUT2D eigenvalue weighted by Crippen LogP contribution is 2.18. The molecule has 0 aliphatic heterocycles. The van der Waals surface area contributed by atoms with Gasteiger partial charge < -0.3 is 9.72 Å². The van der Waals surface area contributed by atoms with Crippen LogP contribution in [0.5, 0.6) is 0 Å². The van der Waals surface area contributed by atoms with E-state index in [1.807, 2.05) is 26.1 Å². The number of hydrogen-bond donors (Lipinski definition) is 1. The number of ether oxygens (including phenoxy) is 1. The van der Waals surface area contributed by atoms with Crippen molar-refractivity contribution in [2.24, 2.45) is 0 Å². The average molecular weight is 276 g/mol. The van der Waals surface area contributed by atoms with Crippen LogP contribution < -0.4 is 0 Å². The fourth-order valence-corrected chi connectivity index (χ4v) is 1.86. The maximum Gasteiger partial charge on any atom is 0.348 e. The Hall–Kier alpha value is -2.02. The third kappa shape index (κ3) is 4.58. The monoisotopic (exact) mass is 276 g/mol. The Morgan fingerprint density at radius 3 is 2.45 bits per heavy atom. The molecule has 1 aromatic rings. The van der Waals surface area contributed by atoms with Crippen molar-refractivity contribution in [3.8, 4) is 6.07 Å². The van der Waals surface area contributed by atoms with E-state index in [4.69, 9.17) is 10.00 Å². The van der Waals surface area contributed by atoms with Gasteiger partial charge in [-0.3, -0.25) is 0 Å². The molecule has 0 saturated heterocycles. The van der Waals surface area contributed by atoms with Gasteiger partial charge in [0.2, 0.25) is 0 Å². The summed E-state index contributed by atoms with van der Waals surface area (Å²) in [5.74, 6) is -0.574. The van der Waals surface area contributed by atoms with Gasteiger partial charge in [-0.05, 0) is 37.0 Å². The summed E-state index contributed by atoms with van der Waals surface area (Å²) in [6.45, 7) is 10.1. The van der Waals surface area contributed by atoms with E-state index in [2.05, 4.69) is 18.8 Å². The van der Waals surface area contributed by atoms with Crippen LogP contribution in [-0.4, -0.2) is 17.6 Å². The third-order valence-electron chi connectivity index (χ3n) is 2.75. The molecular formula is C16H24N2O2. The molecule has 0 aliphatic carbocycles. The largest absolute Gasteiger partial charge is 0.462 e. The molecule has 0 saturated carbocycles. The number of aromatic amines is 1. The topological polar surface area (TPSA) is 65.9 Å². The zero-order chi connectivity index (χ0) is 15.5. The number of carbonyl (C=O) groups excluding carboxylic acids is 1. The van der Waals surface area contributed by atoms with E-state index in [0.29, 0.717) is 0 Å². The lowest BCUT2D eigenvalue weighted by Crippen LogP contribution is -2.06. The fourth-order valence-electron chi connectivity index (χ4n) is 1.86. The first-order valence-electron chi connectivity index (χ1n) is 7.15. The minimum atomic E-state index is -0.574. The van der Waals surface area contributed by atoms with E-state index in [0.717, 1.165) is 24.1 Å². The third-order valence-corrected chi connectivity index (χ3v) is 2.75. The van der Waals surface area contributed by atoms with Crippen molar-refractivity contribution in [2.45, 2.75) is 47.5 Å². The van der Waals surface area contributed by atoms with Crippen LogP contribution in [0.3, 0.4) is 0 Å². The number of nitrogens with zero attached hydrogens (tertiary/aromatic N) is 1. The minimum absolute atomic E-state index is 0.0241. The van der Waals surface area contributed by atoms with Crippen LogP contribution in [0, 0.1) is 11.3 Å². The first-order chi connectivity index (χ1) is 9.67. The summed E-state index contributed by atoms with van der Waals surface area (Å²) in [6, 6.07) is 1.88. The summed E-state index contributed by atoms with van der Waals surface area (Å²) >= 11 is 0. The van der Waals surface area contributed by atoms with Gasteiger partial charge in [0, 0.05) is 11.9 Å². The van der Waals surface area contributed by atoms with Crippen LogP contribution in [0.25, 0.3) is 6.08 Å². The van der Waals surface area contributed by atoms with E-state index in [1.165, 1.54) is 5.56 Å². The predicted molar refractivity (Wildman–Crippen MR) is 81.1 cm³/mol. The maximum absolute atomic E-state index is 11.5. The van der Waals surface area contributed by atoms with E-state index in [1.54, 1.807) is 13.0 Å². The number of hydrogen-bond acceptors (Lipinski definition) is 3. The standard InChI is InChI=1S/C14H18N2O2.C2H6/c1-4-10-9-16-13(12(10)5-2)7-11(8-15)14(17)18-6-3;1-2/h7,9,16H,4-6H2,1-3H3;1-2H3/b11-7+;. The van der Waals surface area contributed by atoms with Gasteiger partial charge in [-0.1, -0.05) is 27.7 Å². The molecule has 0 spiro atoms. The van der Waals surface area contributed by atoms with Gasteiger partial charge in [0.1, 0.15) is 11.6 Å². The van der Waals surface area contributed by atoms with Crippen molar-refractivity contribution in [3.05, 3.63) is 28.6 Å². The maximum atomic E-state index is 11.5. The number of aromatic nitrogens is 1. The fraction of sp³-hybridized carbons (Fsp3) is 0.500. The van der Waals surface area contributed by atoms with Crippen LogP contribution in [0.4, 0.5) is 0 Å². The molecule has 4 heteroatoms. The van der Waals surface area contributed by atoms with Crippen molar-refractivity contribution in [2.75, 3.05) is 6.61 Å². The summed E-state index contributed by atoms with van der Waals surface area (Å²) in [5, 5.41) is 8.98. The number of H-pyrrole nitrogens is 1. The molecule has 0 fully saturated rings. The van der Waals surface area contributed by atoms with Crippen LogP contribution in [-0.2, 0) is 22.4 Å². The summed E-state index contributed by atoms with van der Waals surface area (Å²) in [4.78, 5) is 14.6. The first-order valence-corrected chi connectivity index (χ1v) is 7.15. The predicted octanol–water partition coefficient (Wildman–Crippen LogP) is 3.64.